The SMILES string of the molecule is COc1ccccc1CC(C)(C)C(=O)NCc1ccc(C(=O)O)s1. The van der Waals surface area contributed by atoms with E-state index in [1.54, 1.807) is 19.2 Å². The van der Waals surface area contributed by atoms with Crippen LogP contribution in [0, 0.1) is 5.41 Å². The summed E-state index contributed by atoms with van der Waals surface area (Å²) in [6.07, 6.45) is 0.549. The molecule has 1 amide bonds. The minimum atomic E-state index is -0.950. The van der Waals surface area contributed by atoms with Gasteiger partial charge in [-0.15, -0.1) is 11.3 Å². The fourth-order valence-corrected chi connectivity index (χ4v) is 3.19. The highest BCUT2D eigenvalue weighted by Gasteiger charge is 2.29. The Morgan fingerprint density at radius 1 is 1.21 bits per heavy atom. The van der Waals surface area contributed by atoms with Crippen molar-refractivity contribution in [2.75, 3.05) is 7.11 Å². The Morgan fingerprint density at radius 2 is 1.92 bits per heavy atom. The van der Waals surface area contributed by atoms with Crippen LogP contribution in [0.25, 0.3) is 0 Å². The average Bonchev–Trinajstić information content (AvgIpc) is 3.02. The van der Waals surface area contributed by atoms with Crippen molar-refractivity contribution in [1.82, 2.24) is 5.32 Å². The van der Waals surface area contributed by atoms with E-state index in [-0.39, 0.29) is 10.8 Å². The van der Waals surface area contributed by atoms with Gasteiger partial charge >= 0.3 is 5.97 Å². The lowest BCUT2D eigenvalue weighted by atomic mass is 9.84. The van der Waals surface area contributed by atoms with E-state index in [9.17, 15) is 9.59 Å². The number of ether oxygens (including phenoxy) is 1. The first kappa shape index (κ1) is 18.0. The van der Waals surface area contributed by atoms with Crippen LogP contribution in [-0.2, 0) is 17.8 Å². The largest absolute Gasteiger partial charge is 0.496 e. The van der Waals surface area contributed by atoms with Gasteiger partial charge in [-0.3, -0.25) is 4.79 Å². The zero-order valence-corrected chi connectivity index (χ0v) is 14.8. The van der Waals surface area contributed by atoms with Crippen molar-refractivity contribution in [1.29, 1.82) is 0 Å². The summed E-state index contributed by atoms with van der Waals surface area (Å²) in [5, 5.41) is 11.8. The van der Waals surface area contributed by atoms with E-state index in [2.05, 4.69) is 5.32 Å². The Hall–Kier alpha value is -2.34. The molecule has 0 saturated heterocycles. The number of carboxylic acid groups (broad SMARTS) is 1. The first-order chi connectivity index (χ1) is 11.3. The summed E-state index contributed by atoms with van der Waals surface area (Å²) >= 11 is 1.17. The maximum Gasteiger partial charge on any atom is 0.345 e. The van der Waals surface area contributed by atoms with Crippen molar-refractivity contribution < 1.29 is 19.4 Å². The monoisotopic (exact) mass is 347 g/mol. The average molecular weight is 347 g/mol. The summed E-state index contributed by atoms with van der Waals surface area (Å²) in [5.74, 6) is -0.268. The van der Waals surface area contributed by atoms with Gasteiger partial charge in [-0.2, -0.15) is 0 Å². The van der Waals surface area contributed by atoms with E-state index in [1.807, 2.05) is 38.1 Å². The maximum atomic E-state index is 12.5. The minimum absolute atomic E-state index is 0.0846. The molecule has 1 aromatic carbocycles. The minimum Gasteiger partial charge on any atom is -0.496 e. The van der Waals surface area contributed by atoms with Gasteiger partial charge in [0.15, 0.2) is 0 Å². The van der Waals surface area contributed by atoms with Crippen LogP contribution in [0.1, 0.15) is 34.0 Å². The topological polar surface area (TPSA) is 75.6 Å². The number of rotatable bonds is 7. The standard InChI is InChI=1S/C18H21NO4S/c1-18(2,10-12-6-4-5-7-14(12)23-3)17(22)19-11-13-8-9-15(24-13)16(20)21/h4-9H,10-11H2,1-3H3,(H,19,22)(H,20,21). The molecule has 5 nitrogen and oxygen atoms in total. The molecule has 24 heavy (non-hydrogen) atoms. The number of nitrogens with one attached hydrogen (secondary N) is 1. The number of carbonyl (C=O) groups is 2. The second-order valence-corrected chi connectivity index (χ2v) is 7.29. The number of amides is 1. The molecule has 1 heterocycles. The molecule has 0 bridgehead atoms. The zero-order valence-electron chi connectivity index (χ0n) is 14.0. The molecule has 0 radical (unpaired) electrons. The highest BCUT2D eigenvalue weighted by Crippen LogP contribution is 2.28. The predicted molar refractivity (Wildman–Crippen MR) is 93.6 cm³/mol. The van der Waals surface area contributed by atoms with Crippen molar-refractivity contribution in [3.63, 3.8) is 0 Å². The lowest BCUT2D eigenvalue weighted by molar-refractivity contribution is -0.129. The predicted octanol–water partition coefficient (Wildman–Crippen LogP) is 3.34. The van der Waals surface area contributed by atoms with Gasteiger partial charge in [0, 0.05) is 10.3 Å². The van der Waals surface area contributed by atoms with Crippen molar-refractivity contribution in [2.45, 2.75) is 26.8 Å². The molecule has 6 heteroatoms. The Balaban J connectivity index is 2.00. The number of para-hydroxylation sites is 1. The summed E-state index contributed by atoms with van der Waals surface area (Å²) in [7, 11) is 1.61. The Kier molecular flexibility index (Phi) is 5.62. The smallest absolute Gasteiger partial charge is 0.345 e. The number of methoxy groups -OCH3 is 1. The van der Waals surface area contributed by atoms with Crippen LogP contribution in [0.4, 0.5) is 0 Å². The van der Waals surface area contributed by atoms with E-state index in [0.29, 0.717) is 13.0 Å². The second kappa shape index (κ2) is 7.49. The normalized spacial score (nSPS) is 11.1. The van der Waals surface area contributed by atoms with Crippen molar-refractivity contribution in [3.8, 4) is 5.75 Å². The lowest BCUT2D eigenvalue weighted by Crippen LogP contribution is -2.37. The molecular weight excluding hydrogens is 326 g/mol. The van der Waals surface area contributed by atoms with E-state index >= 15 is 0 Å². The second-order valence-electron chi connectivity index (χ2n) is 6.13. The molecular formula is C18H21NO4S. The summed E-state index contributed by atoms with van der Waals surface area (Å²) in [5.41, 5.74) is 0.367. The third-order valence-corrected chi connectivity index (χ3v) is 4.81. The van der Waals surface area contributed by atoms with Crippen molar-refractivity contribution in [2.24, 2.45) is 5.41 Å². The van der Waals surface area contributed by atoms with Crippen LogP contribution in [0.3, 0.4) is 0 Å². The molecule has 0 aliphatic carbocycles. The fraction of sp³-hybridized carbons (Fsp3) is 0.333. The molecule has 0 unspecified atom stereocenters. The molecule has 2 N–H and O–H groups in total. The van der Waals surface area contributed by atoms with Gasteiger partial charge in [-0.05, 0) is 30.2 Å². The van der Waals surface area contributed by atoms with E-state index < -0.39 is 11.4 Å². The van der Waals surface area contributed by atoms with Crippen molar-refractivity contribution in [3.05, 3.63) is 51.7 Å². The molecule has 1 aromatic heterocycles. The van der Waals surface area contributed by atoms with Gasteiger partial charge in [-0.25, -0.2) is 4.79 Å². The van der Waals surface area contributed by atoms with Gasteiger partial charge in [-0.1, -0.05) is 32.0 Å². The van der Waals surface area contributed by atoms with Crippen LogP contribution in [0.5, 0.6) is 5.75 Å². The number of aromatic carboxylic acids is 1. The molecule has 2 aromatic rings. The van der Waals surface area contributed by atoms with Crippen LogP contribution >= 0.6 is 11.3 Å². The van der Waals surface area contributed by atoms with E-state index in [4.69, 9.17) is 9.84 Å². The van der Waals surface area contributed by atoms with E-state index in [1.165, 1.54) is 11.3 Å². The molecule has 0 aliphatic rings. The first-order valence-electron chi connectivity index (χ1n) is 7.55. The highest BCUT2D eigenvalue weighted by atomic mass is 32.1. The number of hydrogen-bond acceptors (Lipinski definition) is 4. The molecule has 0 saturated carbocycles. The van der Waals surface area contributed by atoms with E-state index in [0.717, 1.165) is 16.2 Å². The van der Waals surface area contributed by atoms with Crippen LogP contribution in [0.2, 0.25) is 0 Å². The maximum absolute atomic E-state index is 12.5. The third-order valence-electron chi connectivity index (χ3n) is 3.74. The molecule has 0 atom stereocenters. The van der Waals surface area contributed by atoms with Gasteiger partial charge in [0.2, 0.25) is 5.91 Å². The molecule has 2 rings (SSSR count). The molecule has 0 spiro atoms. The number of carbonyl (C=O) groups excluding carboxylic acids is 1. The molecule has 0 fully saturated rings. The molecule has 0 aliphatic heterocycles. The van der Waals surface area contributed by atoms with Gasteiger partial charge < -0.3 is 15.2 Å². The van der Waals surface area contributed by atoms with Crippen molar-refractivity contribution >= 4 is 23.2 Å². The summed E-state index contributed by atoms with van der Waals surface area (Å²) in [6.45, 7) is 4.09. The van der Waals surface area contributed by atoms with Gasteiger partial charge in [0.1, 0.15) is 10.6 Å². The lowest BCUT2D eigenvalue weighted by Gasteiger charge is -2.24. The fourth-order valence-electron chi connectivity index (χ4n) is 2.40. The summed E-state index contributed by atoms with van der Waals surface area (Å²) in [6, 6.07) is 10.9. The van der Waals surface area contributed by atoms with Gasteiger partial charge in [0.25, 0.3) is 0 Å². The van der Waals surface area contributed by atoms with Gasteiger partial charge in [0.05, 0.1) is 13.7 Å². The number of hydrogen-bond donors (Lipinski definition) is 2. The first-order valence-corrected chi connectivity index (χ1v) is 8.37. The number of carboxylic acids is 1. The summed E-state index contributed by atoms with van der Waals surface area (Å²) in [4.78, 5) is 24.5. The quantitative estimate of drug-likeness (QED) is 0.805. The van der Waals surface area contributed by atoms with Crippen LogP contribution in [0.15, 0.2) is 36.4 Å². The zero-order chi connectivity index (χ0) is 17.7. The number of thiophene rings is 1. The Labute approximate surface area is 145 Å². The summed E-state index contributed by atoms with van der Waals surface area (Å²) < 4.78 is 5.34. The molecule has 128 valence electrons. The van der Waals surface area contributed by atoms with Crippen LogP contribution in [-0.4, -0.2) is 24.1 Å². The van der Waals surface area contributed by atoms with Crippen LogP contribution < -0.4 is 10.1 Å². The highest BCUT2D eigenvalue weighted by molar-refractivity contribution is 7.13. The number of benzene rings is 1. The Morgan fingerprint density at radius 3 is 2.54 bits per heavy atom. The third kappa shape index (κ3) is 4.35. The Bertz CT molecular complexity index is 736.